The Morgan fingerprint density at radius 3 is 1.25 bits per heavy atom. The van der Waals surface area contributed by atoms with Crippen LogP contribution in [0, 0.1) is 0 Å². The Balaban J connectivity index is 0. The smallest absolute Gasteiger partial charge is 0.0235 e. The summed E-state index contributed by atoms with van der Waals surface area (Å²) < 4.78 is 0. The van der Waals surface area contributed by atoms with Gasteiger partial charge in [0.05, 0.1) is 0 Å². The third-order valence-electron chi connectivity index (χ3n) is 2.68. The van der Waals surface area contributed by atoms with E-state index in [0.29, 0.717) is 0 Å². The minimum atomic E-state index is 0. The van der Waals surface area contributed by atoms with Gasteiger partial charge in [0.25, 0.3) is 0 Å². The monoisotopic (exact) mass is 310 g/mol. The van der Waals surface area contributed by atoms with Crippen molar-refractivity contribution in [2.75, 3.05) is 51.0 Å². The Kier molecular flexibility index (Phi) is 15.2. The minimum absolute atomic E-state index is 0. The molecule has 1 fully saturated rings. The molecule has 0 N–H and O–H groups in total. The summed E-state index contributed by atoms with van der Waals surface area (Å²) in [6, 6.07) is 0. The zero-order valence-electron chi connectivity index (χ0n) is 9.54. The van der Waals surface area contributed by atoms with Gasteiger partial charge < -0.3 is 9.80 Å². The number of nitrogens with zero attached hydrogens (tertiary/aromatic N) is 2. The molecule has 0 bridgehead atoms. The molecule has 1 aliphatic heterocycles. The fraction of sp³-hybridized carbons (Fsp3) is 1.00. The van der Waals surface area contributed by atoms with Gasteiger partial charge in [0.1, 0.15) is 0 Å². The van der Waals surface area contributed by atoms with E-state index in [-0.39, 0.29) is 24.8 Å². The molecule has 0 aromatic heterocycles. The highest BCUT2D eigenvalue weighted by molar-refractivity contribution is 6.18. The molecule has 6 heteroatoms. The van der Waals surface area contributed by atoms with E-state index in [9.17, 15) is 0 Å². The lowest BCUT2D eigenvalue weighted by molar-refractivity contribution is 0.133. The van der Waals surface area contributed by atoms with Crippen molar-refractivity contribution in [3.8, 4) is 0 Å². The SMILES string of the molecule is Cl.Cl.ClCCCN1CCN(CCCCl)CC1. The maximum atomic E-state index is 5.67. The van der Waals surface area contributed by atoms with Crippen LogP contribution in [0.15, 0.2) is 0 Å². The molecule has 2 nitrogen and oxygen atoms in total. The van der Waals surface area contributed by atoms with Crippen LogP contribution in [0.1, 0.15) is 12.8 Å². The highest BCUT2D eigenvalue weighted by Crippen LogP contribution is 2.03. The number of piperazine rings is 1. The number of halogens is 4. The topological polar surface area (TPSA) is 6.48 Å². The van der Waals surface area contributed by atoms with Gasteiger partial charge in [-0.05, 0) is 25.9 Å². The molecule has 1 rings (SSSR count). The Hall–Kier alpha value is 1.08. The van der Waals surface area contributed by atoms with E-state index in [2.05, 4.69) is 9.80 Å². The first-order chi connectivity index (χ1) is 6.86. The molecular weight excluding hydrogens is 290 g/mol. The molecule has 0 spiro atoms. The molecule has 16 heavy (non-hydrogen) atoms. The zero-order valence-corrected chi connectivity index (χ0v) is 12.7. The van der Waals surface area contributed by atoms with Crippen LogP contribution in [0.5, 0.6) is 0 Å². The van der Waals surface area contributed by atoms with Crippen molar-refractivity contribution in [1.29, 1.82) is 0 Å². The van der Waals surface area contributed by atoms with Crippen LogP contribution < -0.4 is 0 Å². The summed E-state index contributed by atoms with van der Waals surface area (Å²) >= 11 is 11.3. The van der Waals surface area contributed by atoms with E-state index in [1.54, 1.807) is 0 Å². The van der Waals surface area contributed by atoms with Gasteiger partial charge in [-0.2, -0.15) is 0 Å². The largest absolute Gasteiger partial charge is 0.301 e. The van der Waals surface area contributed by atoms with Crippen LogP contribution in [0.25, 0.3) is 0 Å². The number of alkyl halides is 2. The summed E-state index contributed by atoms with van der Waals surface area (Å²) in [5.41, 5.74) is 0. The van der Waals surface area contributed by atoms with Gasteiger partial charge in [0.2, 0.25) is 0 Å². The molecule has 0 amide bonds. The second-order valence-electron chi connectivity index (χ2n) is 3.77. The predicted molar refractivity (Wildman–Crippen MR) is 78.1 cm³/mol. The Bertz CT molecular complexity index is 125. The van der Waals surface area contributed by atoms with E-state index in [0.717, 1.165) is 37.7 Å². The van der Waals surface area contributed by atoms with Crippen molar-refractivity contribution in [3.05, 3.63) is 0 Å². The van der Waals surface area contributed by atoms with Gasteiger partial charge >= 0.3 is 0 Å². The highest BCUT2D eigenvalue weighted by Gasteiger charge is 2.15. The number of rotatable bonds is 6. The van der Waals surface area contributed by atoms with Gasteiger partial charge in [-0.15, -0.1) is 48.0 Å². The maximum absolute atomic E-state index is 5.67. The van der Waals surface area contributed by atoms with Crippen molar-refractivity contribution in [1.82, 2.24) is 9.80 Å². The van der Waals surface area contributed by atoms with E-state index >= 15 is 0 Å². The molecule has 1 saturated heterocycles. The summed E-state index contributed by atoms with van der Waals surface area (Å²) in [6.45, 7) is 7.09. The Labute approximate surface area is 121 Å². The molecule has 100 valence electrons. The van der Waals surface area contributed by atoms with Crippen LogP contribution in [0.3, 0.4) is 0 Å². The van der Waals surface area contributed by atoms with Crippen molar-refractivity contribution in [3.63, 3.8) is 0 Å². The number of hydrogen-bond acceptors (Lipinski definition) is 2. The highest BCUT2D eigenvalue weighted by atomic mass is 35.5. The first-order valence-electron chi connectivity index (χ1n) is 5.43. The molecule has 0 aliphatic carbocycles. The van der Waals surface area contributed by atoms with E-state index < -0.39 is 0 Å². The van der Waals surface area contributed by atoms with E-state index in [1.165, 1.54) is 26.2 Å². The molecule has 0 aromatic rings. The molecule has 0 saturated carbocycles. The summed E-state index contributed by atoms with van der Waals surface area (Å²) in [6.07, 6.45) is 2.23. The molecule has 0 atom stereocenters. The fourth-order valence-corrected chi connectivity index (χ4v) is 2.04. The zero-order chi connectivity index (χ0) is 10.2. The average Bonchev–Trinajstić information content (AvgIpc) is 2.25. The first-order valence-corrected chi connectivity index (χ1v) is 6.50. The first kappa shape index (κ1) is 19.4. The number of hydrogen-bond donors (Lipinski definition) is 0. The Morgan fingerprint density at radius 2 is 1.00 bits per heavy atom. The lowest BCUT2D eigenvalue weighted by Crippen LogP contribution is -2.46. The maximum Gasteiger partial charge on any atom is 0.0235 e. The minimum Gasteiger partial charge on any atom is -0.301 e. The van der Waals surface area contributed by atoms with Gasteiger partial charge in [-0.25, -0.2) is 0 Å². The van der Waals surface area contributed by atoms with Crippen molar-refractivity contribution in [2.45, 2.75) is 12.8 Å². The van der Waals surface area contributed by atoms with E-state index in [1.807, 2.05) is 0 Å². The van der Waals surface area contributed by atoms with Gasteiger partial charge in [0.15, 0.2) is 0 Å². The molecule has 1 heterocycles. The fourth-order valence-electron chi connectivity index (χ4n) is 1.80. The van der Waals surface area contributed by atoms with Gasteiger partial charge in [0, 0.05) is 37.9 Å². The lowest BCUT2D eigenvalue weighted by atomic mass is 10.3. The van der Waals surface area contributed by atoms with Crippen molar-refractivity contribution < 1.29 is 0 Å². The van der Waals surface area contributed by atoms with Crippen molar-refractivity contribution in [2.24, 2.45) is 0 Å². The van der Waals surface area contributed by atoms with Crippen molar-refractivity contribution >= 4 is 48.0 Å². The molecule has 0 radical (unpaired) electrons. The summed E-state index contributed by atoms with van der Waals surface area (Å²) in [7, 11) is 0. The molecule has 1 aliphatic rings. The third kappa shape index (κ3) is 8.21. The van der Waals surface area contributed by atoms with Crippen LogP contribution in [0.4, 0.5) is 0 Å². The van der Waals surface area contributed by atoms with Gasteiger partial charge in [-0.1, -0.05) is 0 Å². The second kappa shape index (κ2) is 12.5. The van der Waals surface area contributed by atoms with E-state index in [4.69, 9.17) is 23.2 Å². The summed E-state index contributed by atoms with van der Waals surface area (Å²) in [5, 5.41) is 0. The second-order valence-corrected chi connectivity index (χ2v) is 4.52. The normalized spacial score (nSPS) is 17.6. The molecular formula is C10H22Cl4N2. The Morgan fingerprint density at radius 1 is 0.688 bits per heavy atom. The quantitative estimate of drug-likeness (QED) is 0.696. The molecule has 0 unspecified atom stereocenters. The summed E-state index contributed by atoms with van der Waals surface area (Å²) in [4.78, 5) is 5.00. The molecule has 0 aromatic carbocycles. The lowest BCUT2D eigenvalue weighted by Gasteiger charge is -2.34. The standard InChI is InChI=1S/C10H20Cl2N2.2ClH/c11-3-1-5-13-7-9-14(10-8-13)6-2-4-12;;/h1-10H2;2*1H. The van der Waals surface area contributed by atoms with Crippen LogP contribution in [-0.2, 0) is 0 Å². The third-order valence-corrected chi connectivity index (χ3v) is 3.22. The van der Waals surface area contributed by atoms with Crippen LogP contribution in [-0.4, -0.2) is 60.8 Å². The summed E-state index contributed by atoms with van der Waals surface area (Å²) in [5.74, 6) is 1.57. The van der Waals surface area contributed by atoms with Gasteiger partial charge in [-0.3, -0.25) is 0 Å². The van der Waals surface area contributed by atoms with Crippen LogP contribution >= 0.6 is 48.0 Å². The van der Waals surface area contributed by atoms with Crippen LogP contribution in [0.2, 0.25) is 0 Å². The predicted octanol–water partition coefficient (Wildman–Crippen LogP) is 2.71. The average molecular weight is 312 g/mol.